The number of pyridine rings is 1. The minimum atomic E-state index is 0.0743. The Morgan fingerprint density at radius 3 is 2.78 bits per heavy atom. The number of nitrogens with zero attached hydrogens (tertiary/aromatic N) is 2. The molecule has 0 spiro atoms. The molecule has 0 aromatic carbocycles. The standard InChI is InChI=1S/C14H15N3O/c15-8-9-3-4-16-13(5-9)14(18)10-6-11-1-2-12(7-10)17-11/h3-5,10-12,17H,1-2,6-7H2. The summed E-state index contributed by atoms with van der Waals surface area (Å²) in [5.41, 5.74) is 0.950. The van der Waals surface area contributed by atoms with Gasteiger partial charge in [-0.05, 0) is 37.8 Å². The highest BCUT2D eigenvalue weighted by atomic mass is 16.1. The molecule has 0 saturated carbocycles. The van der Waals surface area contributed by atoms with Crippen molar-refractivity contribution in [3.8, 4) is 6.07 Å². The van der Waals surface area contributed by atoms with Gasteiger partial charge in [-0.25, -0.2) is 0 Å². The molecule has 2 atom stereocenters. The Balaban J connectivity index is 1.80. The minimum Gasteiger partial charge on any atom is -0.311 e. The van der Waals surface area contributed by atoms with Crippen LogP contribution in [-0.2, 0) is 0 Å². The van der Waals surface area contributed by atoms with Gasteiger partial charge < -0.3 is 5.32 Å². The fourth-order valence-corrected chi connectivity index (χ4v) is 3.12. The Hall–Kier alpha value is -1.73. The van der Waals surface area contributed by atoms with E-state index >= 15 is 0 Å². The van der Waals surface area contributed by atoms with Crippen molar-refractivity contribution in [2.75, 3.05) is 0 Å². The quantitative estimate of drug-likeness (QED) is 0.800. The molecule has 2 bridgehead atoms. The molecule has 4 heteroatoms. The van der Waals surface area contributed by atoms with Gasteiger partial charge >= 0.3 is 0 Å². The fraction of sp³-hybridized carbons (Fsp3) is 0.500. The van der Waals surface area contributed by atoms with Crippen LogP contribution in [0.15, 0.2) is 18.3 Å². The zero-order chi connectivity index (χ0) is 12.5. The summed E-state index contributed by atoms with van der Waals surface area (Å²) in [6.45, 7) is 0. The van der Waals surface area contributed by atoms with E-state index in [1.54, 1.807) is 18.3 Å². The summed E-state index contributed by atoms with van der Waals surface area (Å²) >= 11 is 0. The second kappa shape index (κ2) is 4.51. The first-order valence-electron chi connectivity index (χ1n) is 6.42. The Bertz CT molecular complexity index is 508. The topological polar surface area (TPSA) is 65.8 Å². The SMILES string of the molecule is N#Cc1ccnc(C(=O)C2CC3CCC(C2)N3)c1. The smallest absolute Gasteiger partial charge is 0.184 e. The van der Waals surface area contributed by atoms with Crippen molar-refractivity contribution in [3.05, 3.63) is 29.6 Å². The van der Waals surface area contributed by atoms with Crippen LogP contribution in [-0.4, -0.2) is 22.9 Å². The highest BCUT2D eigenvalue weighted by Gasteiger charge is 2.37. The first-order chi connectivity index (χ1) is 8.76. The van der Waals surface area contributed by atoms with E-state index in [0.29, 0.717) is 23.3 Å². The molecule has 3 heterocycles. The lowest BCUT2D eigenvalue weighted by atomic mass is 9.87. The third-order valence-electron chi connectivity index (χ3n) is 3.99. The number of fused-ring (bicyclic) bond motifs is 2. The Morgan fingerprint density at radius 1 is 1.39 bits per heavy atom. The number of carbonyl (C=O) groups excluding carboxylic acids is 1. The van der Waals surface area contributed by atoms with Crippen LogP contribution in [0.5, 0.6) is 0 Å². The second-order valence-electron chi connectivity index (χ2n) is 5.21. The number of carbonyl (C=O) groups is 1. The summed E-state index contributed by atoms with van der Waals surface area (Å²) < 4.78 is 0. The second-order valence-corrected chi connectivity index (χ2v) is 5.21. The molecule has 1 N–H and O–H groups in total. The van der Waals surface area contributed by atoms with E-state index in [4.69, 9.17) is 5.26 Å². The number of piperidine rings is 1. The third-order valence-corrected chi connectivity index (χ3v) is 3.99. The van der Waals surface area contributed by atoms with E-state index in [9.17, 15) is 4.79 Å². The Kier molecular flexibility index (Phi) is 2.85. The molecule has 2 aliphatic heterocycles. The maximum absolute atomic E-state index is 12.4. The van der Waals surface area contributed by atoms with Crippen LogP contribution in [0.2, 0.25) is 0 Å². The largest absolute Gasteiger partial charge is 0.311 e. The van der Waals surface area contributed by atoms with Gasteiger partial charge in [-0.1, -0.05) is 0 Å². The van der Waals surface area contributed by atoms with E-state index in [2.05, 4.69) is 16.4 Å². The van der Waals surface area contributed by atoms with Crippen LogP contribution in [0, 0.1) is 17.2 Å². The first kappa shape index (κ1) is 11.4. The van der Waals surface area contributed by atoms with Crippen molar-refractivity contribution in [2.24, 2.45) is 5.92 Å². The molecular formula is C14H15N3O. The maximum Gasteiger partial charge on any atom is 0.184 e. The molecular weight excluding hydrogens is 226 g/mol. The molecule has 18 heavy (non-hydrogen) atoms. The molecule has 3 rings (SSSR count). The lowest BCUT2D eigenvalue weighted by Gasteiger charge is -2.27. The number of rotatable bonds is 2. The van der Waals surface area contributed by atoms with Gasteiger partial charge in [0.15, 0.2) is 5.78 Å². The van der Waals surface area contributed by atoms with Crippen molar-refractivity contribution in [1.29, 1.82) is 5.26 Å². The third kappa shape index (κ3) is 2.02. The molecule has 0 aliphatic carbocycles. The molecule has 4 nitrogen and oxygen atoms in total. The van der Waals surface area contributed by atoms with Gasteiger partial charge in [-0.2, -0.15) is 5.26 Å². The molecule has 2 fully saturated rings. The number of nitrogens with one attached hydrogen (secondary N) is 1. The van der Waals surface area contributed by atoms with E-state index in [0.717, 1.165) is 12.8 Å². The highest BCUT2D eigenvalue weighted by molar-refractivity contribution is 5.96. The van der Waals surface area contributed by atoms with Crippen molar-refractivity contribution in [3.63, 3.8) is 0 Å². The number of hydrogen-bond donors (Lipinski definition) is 1. The summed E-state index contributed by atoms with van der Waals surface area (Å²) in [4.78, 5) is 16.5. The monoisotopic (exact) mass is 241 g/mol. The van der Waals surface area contributed by atoms with Gasteiger partial charge in [0.25, 0.3) is 0 Å². The maximum atomic E-state index is 12.4. The average molecular weight is 241 g/mol. The zero-order valence-electron chi connectivity index (χ0n) is 10.1. The van der Waals surface area contributed by atoms with Gasteiger partial charge in [0.2, 0.25) is 0 Å². The molecule has 92 valence electrons. The summed E-state index contributed by atoms with van der Waals surface area (Å²) in [5.74, 6) is 0.177. The fourth-order valence-electron chi connectivity index (χ4n) is 3.12. The summed E-state index contributed by atoms with van der Waals surface area (Å²) in [6, 6.07) is 6.28. The average Bonchev–Trinajstić information content (AvgIpc) is 2.76. The number of aromatic nitrogens is 1. The van der Waals surface area contributed by atoms with Gasteiger partial charge in [-0.3, -0.25) is 9.78 Å². The number of Topliss-reactive ketones (excluding diaryl/α,β-unsaturated/α-hetero) is 1. The molecule has 2 unspecified atom stereocenters. The van der Waals surface area contributed by atoms with Gasteiger partial charge in [0, 0.05) is 24.2 Å². The lowest BCUT2D eigenvalue weighted by molar-refractivity contribution is 0.0870. The zero-order valence-corrected chi connectivity index (χ0v) is 10.1. The van der Waals surface area contributed by atoms with Gasteiger partial charge in [0.05, 0.1) is 11.6 Å². The first-order valence-corrected chi connectivity index (χ1v) is 6.42. The van der Waals surface area contributed by atoms with Gasteiger partial charge in [-0.15, -0.1) is 0 Å². The molecule has 0 amide bonds. The van der Waals surface area contributed by atoms with Crippen molar-refractivity contribution >= 4 is 5.78 Å². The summed E-state index contributed by atoms with van der Waals surface area (Å²) in [5, 5.41) is 12.4. The minimum absolute atomic E-state index is 0.0743. The van der Waals surface area contributed by atoms with E-state index < -0.39 is 0 Å². The summed E-state index contributed by atoms with van der Waals surface area (Å²) in [7, 11) is 0. The van der Waals surface area contributed by atoms with Crippen molar-refractivity contribution < 1.29 is 4.79 Å². The molecule has 1 aromatic rings. The molecule has 0 radical (unpaired) electrons. The summed E-state index contributed by atoms with van der Waals surface area (Å²) in [6.07, 6.45) is 5.73. The number of ketones is 1. The van der Waals surface area contributed by atoms with Gasteiger partial charge in [0.1, 0.15) is 5.69 Å². The van der Waals surface area contributed by atoms with E-state index in [1.165, 1.54) is 12.8 Å². The van der Waals surface area contributed by atoms with Crippen LogP contribution in [0.25, 0.3) is 0 Å². The Labute approximate surface area is 106 Å². The van der Waals surface area contributed by atoms with Crippen LogP contribution in [0.3, 0.4) is 0 Å². The molecule has 1 aromatic heterocycles. The van der Waals surface area contributed by atoms with Crippen LogP contribution < -0.4 is 5.32 Å². The predicted octanol–water partition coefficient (Wildman–Crippen LogP) is 1.67. The van der Waals surface area contributed by atoms with Crippen LogP contribution in [0.1, 0.15) is 41.7 Å². The number of nitriles is 1. The van der Waals surface area contributed by atoms with Crippen molar-refractivity contribution in [2.45, 2.75) is 37.8 Å². The molecule has 2 saturated heterocycles. The van der Waals surface area contributed by atoms with Crippen LogP contribution in [0.4, 0.5) is 0 Å². The predicted molar refractivity (Wildman–Crippen MR) is 66.0 cm³/mol. The normalized spacial score (nSPS) is 29.8. The van der Waals surface area contributed by atoms with E-state index in [1.807, 2.05) is 0 Å². The van der Waals surface area contributed by atoms with Crippen LogP contribution >= 0.6 is 0 Å². The lowest BCUT2D eigenvalue weighted by Crippen LogP contribution is -2.40. The number of hydrogen-bond acceptors (Lipinski definition) is 4. The molecule has 2 aliphatic rings. The van der Waals surface area contributed by atoms with Crippen molar-refractivity contribution in [1.82, 2.24) is 10.3 Å². The van der Waals surface area contributed by atoms with E-state index in [-0.39, 0.29) is 11.7 Å². The highest BCUT2D eigenvalue weighted by Crippen LogP contribution is 2.32. The Morgan fingerprint density at radius 2 is 2.11 bits per heavy atom.